The van der Waals surface area contributed by atoms with Crippen molar-refractivity contribution in [3.63, 3.8) is 0 Å². The van der Waals surface area contributed by atoms with Gasteiger partial charge in [0.15, 0.2) is 5.60 Å². The molecule has 2 heterocycles. The van der Waals surface area contributed by atoms with Crippen molar-refractivity contribution in [3.05, 3.63) is 30.0 Å². The Bertz CT molecular complexity index is 748. The van der Waals surface area contributed by atoms with Gasteiger partial charge in [0.05, 0.1) is 11.4 Å². The standard InChI is InChI=1S/C14H13N3O4/c1-14(2)13(20)15-9-5-7(3-4-11(9)21-14)8-6-10(12(18)19)17-16-8/h3-6H,1-2H3,(H,15,20)(H,16,17)(H,18,19). The molecule has 0 radical (unpaired) electrons. The summed E-state index contributed by atoms with van der Waals surface area (Å²) >= 11 is 0. The number of ether oxygens (including phenoxy) is 1. The second-order valence-electron chi connectivity index (χ2n) is 5.25. The lowest BCUT2D eigenvalue weighted by atomic mass is 10.0. The normalized spacial score (nSPS) is 15.8. The van der Waals surface area contributed by atoms with Crippen LogP contribution in [0.15, 0.2) is 24.3 Å². The predicted octanol–water partition coefficient (Wildman–Crippen LogP) is 1.88. The maximum absolute atomic E-state index is 11.9. The van der Waals surface area contributed by atoms with Crippen molar-refractivity contribution in [2.24, 2.45) is 0 Å². The number of nitrogens with one attached hydrogen (secondary N) is 2. The topological polar surface area (TPSA) is 104 Å². The Morgan fingerprint density at radius 1 is 1.33 bits per heavy atom. The van der Waals surface area contributed by atoms with Gasteiger partial charge in [-0.25, -0.2) is 4.79 Å². The number of aromatic amines is 1. The summed E-state index contributed by atoms with van der Waals surface area (Å²) in [7, 11) is 0. The number of anilines is 1. The molecule has 7 heteroatoms. The van der Waals surface area contributed by atoms with Crippen molar-refractivity contribution >= 4 is 17.6 Å². The number of carbonyl (C=O) groups is 2. The second-order valence-corrected chi connectivity index (χ2v) is 5.25. The molecule has 3 N–H and O–H groups in total. The third-order valence-electron chi connectivity index (χ3n) is 3.24. The van der Waals surface area contributed by atoms with Gasteiger partial charge < -0.3 is 15.2 Å². The van der Waals surface area contributed by atoms with Crippen molar-refractivity contribution in [1.82, 2.24) is 10.2 Å². The zero-order valence-electron chi connectivity index (χ0n) is 11.4. The lowest BCUT2D eigenvalue weighted by Crippen LogP contribution is -2.45. The summed E-state index contributed by atoms with van der Waals surface area (Å²) in [6.45, 7) is 3.37. The molecule has 108 valence electrons. The molecule has 2 aromatic rings. The summed E-state index contributed by atoms with van der Waals surface area (Å²) in [5.74, 6) is -0.747. The molecule has 1 amide bonds. The highest BCUT2D eigenvalue weighted by Gasteiger charge is 2.35. The zero-order chi connectivity index (χ0) is 15.2. The number of H-pyrrole nitrogens is 1. The molecule has 1 aromatic heterocycles. The Labute approximate surface area is 119 Å². The number of hydrogen-bond acceptors (Lipinski definition) is 4. The van der Waals surface area contributed by atoms with E-state index < -0.39 is 11.6 Å². The fourth-order valence-electron chi connectivity index (χ4n) is 2.05. The van der Waals surface area contributed by atoms with Crippen LogP contribution in [0.1, 0.15) is 24.3 Å². The maximum atomic E-state index is 11.9. The first-order valence-electron chi connectivity index (χ1n) is 6.30. The van der Waals surface area contributed by atoms with Crippen LogP contribution in [0.4, 0.5) is 5.69 Å². The highest BCUT2D eigenvalue weighted by Crippen LogP contribution is 2.36. The molecule has 3 rings (SSSR count). The average Bonchev–Trinajstić information content (AvgIpc) is 2.89. The summed E-state index contributed by atoms with van der Waals surface area (Å²) in [5.41, 5.74) is 0.786. The molecule has 0 spiro atoms. The molecule has 0 saturated heterocycles. The predicted molar refractivity (Wildman–Crippen MR) is 74.3 cm³/mol. The molecule has 1 aromatic carbocycles. The van der Waals surface area contributed by atoms with Crippen LogP contribution in [0, 0.1) is 0 Å². The molecular weight excluding hydrogens is 274 g/mol. The molecule has 7 nitrogen and oxygen atoms in total. The lowest BCUT2D eigenvalue weighted by Gasteiger charge is -2.31. The summed E-state index contributed by atoms with van der Waals surface area (Å²) < 4.78 is 5.63. The third-order valence-corrected chi connectivity index (χ3v) is 3.24. The first kappa shape index (κ1) is 13.2. The molecule has 0 aliphatic carbocycles. The zero-order valence-corrected chi connectivity index (χ0v) is 11.4. The summed E-state index contributed by atoms with van der Waals surface area (Å²) in [6.07, 6.45) is 0. The molecule has 0 fully saturated rings. The van der Waals surface area contributed by atoms with Gasteiger partial charge in [-0.1, -0.05) is 0 Å². The minimum Gasteiger partial charge on any atom is -0.477 e. The Kier molecular flexibility index (Phi) is 2.72. The SMILES string of the molecule is CC1(C)Oc2ccc(-c3cc(C(=O)O)[nH]n3)cc2NC1=O. The number of aromatic nitrogens is 2. The number of nitrogens with zero attached hydrogens (tertiary/aromatic N) is 1. The Hall–Kier alpha value is -2.83. The largest absolute Gasteiger partial charge is 0.477 e. The van der Waals surface area contributed by atoms with Gasteiger partial charge in [0.25, 0.3) is 5.91 Å². The fourth-order valence-corrected chi connectivity index (χ4v) is 2.05. The number of carboxylic acids is 1. The fraction of sp³-hybridized carbons (Fsp3) is 0.214. The van der Waals surface area contributed by atoms with E-state index in [1.54, 1.807) is 32.0 Å². The lowest BCUT2D eigenvalue weighted by molar-refractivity contribution is -0.129. The van der Waals surface area contributed by atoms with Crippen LogP contribution in [-0.2, 0) is 4.79 Å². The van der Waals surface area contributed by atoms with E-state index in [0.717, 1.165) is 0 Å². The van der Waals surface area contributed by atoms with Crippen LogP contribution in [-0.4, -0.2) is 32.8 Å². The number of fused-ring (bicyclic) bond motifs is 1. The highest BCUT2D eigenvalue weighted by molar-refractivity contribution is 6.00. The van der Waals surface area contributed by atoms with E-state index >= 15 is 0 Å². The molecular formula is C14H13N3O4. The molecule has 1 aliphatic heterocycles. The second kappa shape index (κ2) is 4.34. The van der Waals surface area contributed by atoms with Gasteiger partial charge in [-0.3, -0.25) is 9.89 Å². The van der Waals surface area contributed by atoms with Gasteiger partial charge in [-0.2, -0.15) is 5.10 Å². The van der Waals surface area contributed by atoms with Crippen LogP contribution >= 0.6 is 0 Å². The van der Waals surface area contributed by atoms with Gasteiger partial charge in [0.2, 0.25) is 0 Å². The Morgan fingerprint density at radius 3 is 2.76 bits per heavy atom. The van der Waals surface area contributed by atoms with Crippen LogP contribution in [0.5, 0.6) is 5.75 Å². The van der Waals surface area contributed by atoms with Crippen molar-refractivity contribution < 1.29 is 19.4 Å². The number of benzene rings is 1. The Morgan fingerprint density at radius 2 is 2.10 bits per heavy atom. The van der Waals surface area contributed by atoms with Gasteiger partial charge in [-0.05, 0) is 38.1 Å². The maximum Gasteiger partial charge on any atom is 0.353 e. The highest BCUT2D eigenvalue weighted by atomic mass is 16.5. The smallest absolute Gasteiger partial charge is 0.353 e. The van der Waals surface area contributed by atoms with Crippen molar-refractivity contribution in [2.75, 3.05) is 5.32 Å². The minimum atomic E-state index is -1.08. The van der Waals surface area contributed by atoms with E-state index in [-0.39, 0.29) is 11.6 Å². The number of hydrogen-bond donors (Lipinski definition) is 3. The summed E-state index contributed by atoms with van der Waals surface area (Å²) in [6, 6.07) is 6.61. The third kappa shape index (κ3) is 2.22. The average molecular weight is 287 g/mol. The molecule has 1 aliphatic rings. The van der Waals surface area contributed by atoms with Crippen LogP contribution < -0.4 is 10.1 Å². The quantitative estimate of drug-likeness (QED) is 0.782. The van der Waals surface area contributed by atoms with Crippen molar-refractivity contribution in [2.45, 2.75) is 19.4 Å². The van der Waals surface area contributed by atoms with E-state index in [9.17, 15) is 9.59 Å². The molecule has 0 bridgehead atoms. The number of carboxylic acid groups (broad SMARTS) is 1. The number of rotatable bonds is 2. The summed E-state index contributed by atoms with van der Waals surface area (Å²) in [5, 5.41) is 18.0. The van der Waals surface area contributed by atoms with Crippen molar-refractivity contribution in [3.8, 4) is 17.0 Å². The van der Waals surface area contributed by atoms with Gasteiger partial charge in [0, 0.05) is 5.56 Å². The molecule has 0 atom stereocenters. The van der Waals surface area contributed by atoms with Crippen LogP contribution in [0.2, 0.25) is 0 Å². The van der Waals surface area contributed by atoms with E-state index in [1.165, 1.54) is 6.07 Å². The first-order valence-corrected chi connectivity index (χ1v) is 6.30. The molecule has 0 unspecified atom stereocenters. The molecule has 0 saturated carbocycles. The van der Waals surface area contributed by atoms with Gasteiger partial charge >= 0.3 is 5.97 Å². The first-order chi connectivity index (χ1) is 9.87. The number of aromatic carboxylic acids is 1. The van der Waals surface area contributed by atoms with Crippen LogP contribution in [0.3, 0.4) is 0 Å². The van der Waals surface area contributed by atoms with Crippen molar-refractivity contribution in [1.29, 1.82) is 0 Å². The van der Waals surface area contributed by atoms with E-state index in [0.29, 0.717) is 22.7 Å². The monoisotopic (exact) mass is 287 g/mol. The number of carbonyl (C=O) groups excluding carboxylic acids is 1. The van der Waals surface area contributed by atoms with E-state index in [2.05, 4.69) is 15.5 Å². The van der Waals surface area contributed by atoms with Crippen LogP contribution in [0.25, 0.3) is 11.3 Å². The Balaban J connectivity index is 1.98. The summed E-state index contributed by atoms with van der Waals surface area (Å²) in [4.78, 5) is 22.7. The van der Waals surface area contributed by atoms with Gasteiger partial charge in [0.1, 0.15) is 11.4 Å². The van der Waals surface area contributed by atoms with E-state index in [4.69, 9.17) is 9.84 Å². The van der Waals surface area contributed by atoms with E-state index in [1.807, 2.05) is 0 Å². The number of amides is 1. The minimum absolute atomic E-state index is 0.00383. The van der Waals surface area contributed by atoms with Gasteiger partial charge in [-0.15, -0.1) is 0 Å². The molecule has 21 heavy (non-hydrogen) atoms.